The Balaban J connectivity index is 2.10. The molecule has 0 bridgehead atoms. The molecule has 0 unspecified atom stereocenters. The summed E-state index contributed by atoms with van der Waals surface area (Å²) in [7, 11) is 1.96. The Bertz CT molecular complexity index is 438. The second-order valence-electron chi connectivity index (χ2n) is 5.44. The molecule has 6 nitrogen and oxygen atoms in total. The molecule has 2 rings (SSSR count). The molecule has 0 spiro atoms. The minimum Gasteiger partial charge on any atom is -0.481 e. The number of rotatable bonds is 5. The number of nitrogens with zero attached hydrogens (tertiary/aromatic N) is 3. The number of aliphatic carboxylic acids is 1. The Hall–Kier alpha value is -1.43. The number of hydrogen-bond acceptors (Lipinski definition) is 5. The van der Waals surface area contributed by atoms with Gasteiger partial charge < -0.3 is 9.63 Å². The molecule has 1 fully saturated rings. The van der Waals surface area contributed by atoms with Gasteiger partial charge in [-0.15, -0.1) is 0 Å². The molecule has 0 aliphatic heterocycles. The van der Waals surface area contributed by atoms with Crippen LogP contribution < -0.4 is 0 Å². The van der Waals surface area contributed by atoms with E-state index in [1.807, 2.05) is 7.05 Å². The number of aryl methyl sites for hydroxylation is 1. The molecule has 0 atom stereocenters. The SMILES string of the molecule is Cc1nc(CN(C)C2(CC(=O)O)CCCCC2)no1. The van der Waals surface area contributed by atoms with Crippen molar-refractivity contribution in [2.75, 3.05) is 7.05 Å². The maximum absolute atomic E-state index is 11.2. The summed E-state index contributed by atoms with van der Waals surface area (Å²) < 4.78 is 4.96. The molecule has 1 aliphatic carbocycles. The zero-order valence-corrected chi connectivity index (χ0v) is 11.6. The van der Waals surface area contributed by atoms with Gasteiger partial charge in [0.05, 0.1) is 13.0 Å². The monoisotopic (exact) mass is 267 g/mol. The third-order valence-electron chi connectivity index (χ3n) is 4.02. The molecule has 19 heavy (non-hydrogen) atoms. The van der Waals surface area contributed by atoms with E-state index in [9.17, 15) is 9.90 Å². The van der Waals surface area contributed by atoms with Gasteiger partial charge in [0.15, 0.2) is 5.82 Å². The van der Waals surface area contributed by atoms with Crippen LogP contribution in [0.15, 0.2) is 4.52 Å². The van der Waals surface area contributed by atoms with Crippen LogP contribution in [0.5, 0.6) is 0 Å². The zero-order chi connectivity index (χ0) is 13.9. The molecule has 0 amide bonds. The predicted octanol–water partition coefficient (Wildman–Crippen LogP) is 1.99. The third kappa shape index (κ3) is 3.32. The van der Waals surface area contributed by atoms with Crippen molar-refractivity contribution >= 4 is 5.97 Å². The van der Waals surface area contributed by atoms with Crippen LogP contribution in [0, 0.1) is 6.92 Å². The van der Waals surface area contributed by atoms with Crippen molar-refractivity contribution in [2.45, 2.75) is 57.5 Å². The number of carboxylic acid groups (broad SMARTS) is 1. The molecular formula is C13H21N3O3. The molecule has 1 aromatic rings. The molecule has 106 valence electrons. The number of carboxylic acids is 1. The van der Waals surface area contributed by atoms with E-state index in [0.717, 1.165) is 25.7 Å². The molecule has 1 heterocycles. The van der Waals surface area contributed by atoms with Crippen LogP contribution in [-0.2, 0) is 11.3 Å². The minimum atomic E-state index is -0.738. The average molecular weight is 267 g/mol. The Morgan fingerprint density at radius 3 is 2.63 bits per heavy atom. The Kier molecular flexibility index (Phi) is 4.19. The van der Waals surface area contributed by atoms with Crippen molar-refractivity contribution in [1.82, 2.24) is 15.0 Å². The maximum atomic E-state index is 11.2. The van der Waals surface area contributed by atoms with Crippen molar-refractivity contribution in [3.05, 3.63) is 11.7 Å². The van der Waals surface area contributed by atoms with Gasteiger partial charge in [-0.25, -0.2) is 0 Å². The maximum Gasteiger partial charge on any atom is 0.305 e. The zero-order valence-electron chi connectivity index (χ0n) is 11.6. The first-order chi connectivity index (χ1) is 9.02. The van der Waals surface area contributed by atoms with E-state index in [1.165, 1.54) is 6.42 Å². The summed E-state index contributed by atoms with van der Waals surface area (Å²) in [6.07, 6.45) is 5.39. The summed E-state index contributed by atoms with van der Waals surface area (Å²) >= 11 is 0. The van der Waals surface area contributed by atoms with Gasteiger partial charge in [-0.05, 0) is 19.9 Å². The fourth-order valence-corrected chi connectivity index (χ4v) is 2.97. The van der Waals surface area contributed by atoms with Crippen molar-refractivity contribution in [1.29, 1.82) is 0 Å². The van der Waals surface area contributed by atoms with Crippen LogP contribution in [0.3, 0.4) is 0 Å². The van der Waals surface area contributed by atoms with E-state index < -0.39 is 5.97 Å². The molecular weight excluding hydrogens is 246 g/mol. The van der Waals surface area contributed by atoms with Crippen molar-refractivity contribution in [3.8, 4) is 0 Å². The van der Waals surface area contributed by atoms with Gasteiger partial charge in [-0.2, -0.15) is 4.98 Å². The summed E-state index contributed by atoms with van der Waals surface area (Å²) in [5, 5.41) is 13.1. The van der Waals surface area contributed by atoms with Crippen molar-refractivity contribution < 1.29 is 14.4 Å². The highest BCUT2D eigenvalue weighted by molar-refractivity contribution is 5.68. The topological polar surface area (TPSA) is 79.5 Å². The van der Waals surface area contributed by atoms with Crippen molar-refractivity contribution in [2.24, 2.45) is 0 Å². The van der Waals surface area contributed by atoms with E-state index in [4.69, 9.17) is 4.52 Å². The van der Waals surface area contributed by atoms with E-state index in [2.05, 4.69) is 15.0 Å². The fourth-order valence-electron chi connectivity index (χ4n) is 2.97. The summed E-state index contributed by atoms with van der Waals surface area (Å²) in [6, 6.07) is 0. The lowest BCUT2D eigenvalue weighted by molar-refractivity contribution is -0.141. The van der Waals surface area contributed by atoms with Gasteiger partial charge in [0.25, 0.3) is 0 Å². The van der Waals surface area contributed by atoms with Gasteiger partial charge >= 0.3 is 5.97 Å². The fraction of sp³-hybridized carbons (Fsp3) is 0.769. The van der Waals surface area contributed by atoms with Crippen LogP contribution in [0.1, 0.15) is 50.2 Å². The summed E-state index contributed by atoms with van der Waals surface area (Å²) in [6.45, 7) is 2.29. The van der Waals surface area contributed by atoms with E-state index >= 15 is 0 Å². The lowest BCUT2D eigenvalue weighted by atomic mass is 9.78. The Morgan fingerprint density at radius 1 is 1.42 bits per heavy atom. The lowest BCUT2D eigenvalue weighted by Gasteiger charge is -2.43. The van der Waals surface area contributed by atoms with E-state index in [-0.39, 0.29) is 12.0 Å². The van der Waals surface area contributed by atoms with Crippen LogP contribution in [0.25, 0.3) is 0 Å². The summed E-state index contributed by atoms with van der Waals surface area (Å²) in [5.74, 6) is 0.424. The van der Waals surface area contributed by atoms with Gasteiger partial charge in [0.1, 0.15) is 0 Å². The molecule has 0 saturated heterocycles. The van der Waals surface area contributed by atoms with Gasteiger partial charge in [0, 0.05) is 12.5 Å². The van der Waals surface area contributed by atoms with E-state index in [1.54, 1.807) is 6.92 Å². The molecule has 0 aromatic carbocycles. The van der Waals surface area contributed by atoms with Crippen molar-refractivity contribution in [3.63, 3.8) is 0 Å². The molecule has 1 saturated carbocycles. The molecule has 0 radical (unpaired) electrons. The normalized spacial score (nSPS) is 18.7. The number of carbonyl (C=O) groups is 1. The highest BCUT2D eigenvalue weighted by Gasteiger charge is 2.38. The van der Waals surface area contributed by atoms with Gasteiger partial charge in [-0.1, -0.05) is 24.4 Å². The molecule has 1 aromatic heterocycles. The van der Waals surface area contributed by atoms with Crippen LogP contribution in [0.4, 0.5) is 0 Å². The van der Waals surface area contributed by atoms with E-state index in [0.29, 0.717) is 18.3 Å². The van der Waals surface area contributed by atoms with Crippen LogP contribution in [0.2, 0.25) is 0 Å². The van der Waals surface area contributed by atoms with Gasteiger partial charge in [0.2, 0.25) is 5.89 Å². The number of hydrogen-bond donors (Lipinski definition) is 1. The smallest absolute Gasteiger partial charge is 0.305 e. The Labute approximate surface area is 112 Å². The molecule has 1 N–H and O–H groups in total. The molecule has 6 heteroatoms. The standard InChI is InChI=1S/C13H21N3O3/c1-10-14-11(15-19-10)9-16(2)13(8-12(17)18)6-4-3-5-7-13/h3-9H2,1-2H3,(H,17,18). The highest BCUT2D eigenvalue weighted by atomic mass is 16.5. The highest BCUT2D eigenvalue weighted by Crippen LogP contribution is 2.36. The minimum absolute atomic E-state index is 0.181. The third-order valence-corrected chi connectivity index (χ3v) is 4.02. The summed E-state index contributed by atoms with van der Waals surface area (Å²) in [5.41, 5.74) is -0.265. The second kappa shape index (κ2) is 5.69. The lowest BCUT2D eigenvalue weighted by Crippen LogP contribution is -2.49. The number of aromatic nitrogens is 2. The van der Waals surface area contributed by atoms with Crippen LogP contribution in [-0.4, -0.2) is 38.7 Å². The second-order valence-corrected chi connectivity index (χ2v) is 5.44. The predicted molar refractivity (Wildman–Crippen MR) is 68.6 cm³/mol. The summed E-state index contributed by atoms with van der Waals surface area (Å²) in [4.78, 5) is 17.4. The quantitative estimate of drug-likeness (QED) is 0.878. The average Bonchev–Trinajstić information content (AvgIpc) is 2.75. The van der Waals surface area contributed by atoms with Gasteiger partial charge in [-0.3, -0.25) is 9.69 Å². The first-order valence-corrected chi connectivity index (χ1v) is 6.74. The van der Waals surface area contributed by atoms with Crippen LogP contribution >= 0.6 is 0 Å². The largest absolute Gasteiger partial charge is 0.481 e. The molecule has 1 aliphatic rings. The Morgan fingerprint density at radius 2 is 2.11 bits per heavy atom. The first kappa shape index (κ1) is 14.0. The first-order valence-electron chi connectivity index (χ1n) is 6.74.